The molecule has 0 saturated carbocycles. The molecular formula is C25H28N6O3S. The molecule has 3 aromatic rings. The van der Waals surface area contributed by atoms with Gasteiger partial charge in [-0.2, -0.15) is 4.31 Å². The SMILES string of the molecule is O=C(Nc1cc(N2CCN(c3ccccc3)CC2)ncn1)c1ccc(S(=O)(=O)N2CCCC2)cc1. The molecule has 10 heteroatoms. The van der Waals surface area contributed by atoms with Crippen LogP contribution in [0, 0.1) is 0 Å². The van der Waals surface area contributed by atoms with Crippen molar-refractivity contribution in [2.45, 2.75) is 17.7 Å². The van der Waals surface area contributed by atoms with Gasteiger partial charge in [0.2, 0.25) is 10.0 Å². The molecule has 182 valence electrons. The number of para-hydroxylation sites is 1. The van der Waals surface area contributed by atoms with Crippen molar-refractivity contribution in [3.63, 3.8) is 0 Å². The molecule has 35 heavy (non-hydrogen) atoms. The third kappa shape index (κ3) is 5.13. The van der Waals surface area contributed by atoms with E-state index in [1.807, 2.05) is 18.2 Å². The molecule has 0 aliphatic carbocycles. The predicted molar refractivity (Wildman–Crippen MR) is 135 cm³/mol. The number of amides is 1. The summed E-state index contributed by atoms with van der Waals surface area (Å²) in [5, 5.41) is 2.80. The van der Waals surface area contributed by atoms with Crippen LogP contribution in [0.15, 0.2) is 71.9 Å². The highest BCUT2D eigenvalue weighted by atomic mass is 32.2. The van der Waals surface area contributed by atoms with E-state index in [-0.39, 0.29) is 10.8 Å². The number of carbonyl (C=O) groups excluding carboxylic acids is 1. The molecule has 9 nitrogen and oxygen atoms in total. The number of sulfonamides is 1. The van der Waals surface area contributed by atoms with E-state index in [4.69, 9.17) is 0 Å². The van der Waals surface area contributed by atoms with E-state index in [0.29, 0.717) is 24.5 Å². The van der Waals surface area contributed by atoms with Crippen LogP contribution in [0.25, 0.3) is 0 Å². The van der Waals surface area contributed by atoms with Gasteiger partial charge in [-0.1, -0.05) is 18.2 Å². The second kappa shape index (κ2) is 10.0. The number of anilines is 3. The Morgan fingerprint density at radius 2 is 1.46 bits per heavy atom. The number of nitrogens with zero attached hydrogens (tertiary/aromatic N) is 5. The zero-order valence-electron chi connectivity index (χ0n) is 19.4. The van der Waals surface area contributed by atoms with Crippen molar-refractivity contribution < 1.29 is 13.2 Å². The summed E-state index contributed by atoms with van der Waals surface area (Å²) in [6, 6.07) is 18.1. The number of hydrogen-bond donors (Lipinski definition) is 1. The normalized spacial score (nSPS) is 16.9. The van der Waals surface area contributed by atoms with Crippen LogP contribution >= 0.6 is 0 Å². The van der Waals surface area contributed by atoms with E-state index >= 15 is 0 Å². The van der Waals surface area contributed by atoms with Gasteiger partial charge in [0.15, 0.2) is 0 Å². The molecular weight excluding hydrogens is 464 g/mol. The van der Waals surface area contributed by atoms with Crippen LogP contribution in [0.2, 0.25) is 0 Å². The molecule has 0 atom stereocenters. The first-order valence-electron chi connectivity index (χ1n) is 11.8. The van der Waals surface area contributed by atoms with E-state index in [0.717, 1.165) is 44.8 Å². The average Bonchev–Trinajstić information content (AvgIpc) is 3.46. The van der Waals surface area contributed by atoms with E-state index in [9.17, 15) is 13.2 Å². The lowest BCUT2D eigenvalue weighted by atomic mass is 10.2. The first-order valence-corrected chi connectivity index (χ1v) is 13.2. The third-order valence-corrected chi connectivity index (χ3v) is 8.35. The molecule has 0 radical (unpaired) electrons. The van der Waals surface area contributed by atoms with Gasteiger partial charge in [-0.15, -0.1) is 0 Å². The van der Waals surface area contributed by atoms with Gasteiger partial charge >= 0.3 is 0 Å². The summed E-state index contributed by atoms with van der Waals surface area (Å²) in [6.07, 6.45) is 3.20. The maximum absolute atomic E-state index is 12.8. The summed E-state index contributed by atoms with van der Waals surface area (Å²) in [4.78, 5) is 26.1. The number of aromatic nitrogens is 2. The molecule has 2 aliphatic heterocycles. The van der Waals surface area contributed by atoms with Crippen molar-refractivity contribution in [3.8, 4) is 0 Å². The number of carbonyl (C=O) groups is 1. The second-order valence-corrected chi connectivity index (χ2v) is 10.6. The standard InChI is InChI=1S/C25H28N6O3S/c32-25(20-8-10-22(11-9-20)35(33,34)31-12-4-5-13-31)28-23-18-24(27-19-26-23)30-16-14-29(15-17-30)21-6-2-1-3-7-21/h1-3,6-11,18-19H,4-5,12-17H2,(H,26,27,28,32). The summed E-state index contributed by atoms with van der Waals surface area (Å²) in [6.45, 7) is 4.47. The smallest absolute Gasteiger partial charge is 0.256 e. The Morgan fingerprint density at radius 3 is 2.14 bits per heavy atom. The largest absolute Gasteiger partial charge is 0.368 e. The summed E-state index contributed by atoms with van der Waals surface area (Å²) in [5.74, 6) is 0.808. The Kier molecular flexibility index (Phi) is 6.65. The maximum atomic E-state index is 12.8. The molecule has 2 aliphatic rings. The van der Waals surface area contributed by atoms with E-state index in [2.05, 4.69) is 37.2 Å². The fourth-order valence-electron chi connectivity index (χ4n) is 4.47. The zero-order valence-corrected chi connectivity index (χ0v) is 20.2. The fourth-order valence-corrected chi connectivity index (χ4v) is 5.98. The summed E-state index contributed by atoms with van der Waals surface area (Å²) in [7, 11) is -3.51. The molecule has 2 aromatic carbocycles. The predicted octanol–water partition coefficient (Wildman–Crippen LogP) is 2.84. The van der Waals surface area contributed by atoms with E-state index in [1.54, 1.807) is 6.07 Å². The average molecular weight is 493 g/mol. The second-order valence-electron chi connectivity index (χ2n) is 8.66. The minimum atomic E-state index is -3.51. The molecule has 0 unspecified atom stereocenters. The molecule has 1 N–H and O–H groups in total. The topological polar surface area (TPSA) is 98.7 Å². The summed E-state index contributed by atoms with van der Waals surface area (Å²) in [5.41, 5.74) is 1.57. The van der Waals surface area contributed by atoms with Crippen LogP contribution in [0.5, 0.6) is 0 Å². The minimum Gasteiger partial charge on any atom is -0.368 e. The number of hydrogen-bond acceptors (Lipinski definition) is 7. The molecule has 1 amide bonds. The quantitative estimate of drug-likeness (QED) is 0.565. The van der Waals surface area contributed by atoms with Crippen molar-refractivity contribution >= 4 is 33.3 Å². The maximum Gasteiger partial charge on any atom is 0.256 e. The molecule has 2 fully saturated rings. The molecule has 1 aromatic heterocycles. The van der Waals surface area contributed by atoms with Gasteiger partial charge in [0.1, 0.15) is 18.0 Å². The minimum absolute atomic E-state index is 0.204. The molecule has 2 saturated heterocycles. The highest BCUT2D eigenvalue weighted by Gasteiger charge is 2.27. The van der Waals surface area contributed by atoms with Crippen molar-refractivity contribution in [2.24, 2.45) is 0 Å². The highest BCUT2D eigenvalue weighted by molar-refractivity contribution is 7.89. The number of rotatable bonds is 6. The lowest BCUT2D eigenvalue weighted by Crippen LogP contribution is -2.46. The third-order valence-electron chi connectivity index (χ3n) is 6.44. The van der Waals surface area contributed by atoms with Crippen molar-refractivity contribution in [2.75, 3.05) is 54.4 Å². The van der Waals surface area contributed by atoms with E-state index < -0.39 is 10.0 Å². The van der Waals surface area contributed by atoms with Crippen LogP contribution in [0.3, 0.4) is 0 Å². The van der Waals surface area contributed by atoms with Gasteiger partial charge in [-0.25, -0.2) is 18.4 Å². The van der Waals surface area contributed by atoms with Crippen LogP contribution in [-0.2, 0) is 10.0 Å². The van der Waals surface area contributed by atoms with Crippen LogP contribution < -0.4 is 15.1 Å². The number of piperazine rings is 1. The fraction of sp³-hybridized carbons (Fsp3) is 0.320. The van der Waals surface area contributed by atoms with Gasteiger partial charge in [0.05, 0.1) is 4.90 Å². The van der Waals surface area contributed by atoms with Crippen molar-refractivity contribution in [1.82, 2.24) is 14.3 Å². The Bertz CT molecular complexity index is 1270. The monoisotopic (exact) mass is 492 g/mol. The molecule has 0 spiro atoms. The zero-order chi connectivity index (χ0) is 24.3. The Morgan fingerprint density at radius 1 is 0.800 bits per heavy atom. The molecule has 3 heterocycles. The Hall–Kier alpha value is -3.50. The van der Waals surface area contributed by atoms with Gasteiger partial charge in [0, 0.05) is 56.6 Å². The van der Waals surface area contributed by atoms with E-state index in [1.165, 1.54) is 40.6 Å². The Labute approximate surface area is 205 Å². The van der Waals surface area contributed by atoms with Crippen molar-refractivity contribution in [3.05, 3.63) is 72.6 Å². The van der Waals surface area contributed by atoms with Crippen LogP contribution in [0.4, 0.5) is 17.3 Å². The molecule has 0 bridgehead atoms. The first kappa shape index (κ1) is 23.3. The van der Waals surface area contributed by atoms with Gasteiger partial charge in [0.25, 0.3) is 5.91 Å². The molecule has 5 rings (SSSR count). The lowest BCUT2D eigenvalue weighted by molar-refractivity contribution is 0.102. The summed E-state index contributed by atoms with van der Waals surface area (Å²) < 4.78 is 26.9. The van der Waals surface area contributed by atoms with Crippen LogP contribution in [-0.4, -0.2) is 67.9 Å². The Balaban J connectivity index is 1.21. The van der Waals surface area contributed by atoms with Gasteiger partial charge < -0.3 is 15.1 Å². The number of nitrogens with one attached hydrogen (secondary N) is 1. The number of benzene rings is 2. The van der Waals surface area contributed by atoms with Crippen molar-refractivity contribution in [1.29, 1.82) is 0 Å². The van der Waals surface area contributed by atoms with Gasteiger partial charge in [-0.05, 0) is 49.2 Å². The first-order chi connectivity index (χ1) is 17.0. The summed E-state index contributed by atoms with van der Waals surface area (Å²) >= 11 is 0. The van der Waals surface area contributed by atoms with Gasteiger partial charge in [-0.3, -0.25) is 4.79 Å². The van der Waals surface area contributed by atoms with Crippen LogP contribution in [0.1, 0.15) is 23.2 Å². The lowest BCUT2D eigenvalue weighted by Gasteiger charge is -2.36. The highest BCUT2D eigenvalue weighted by Crippen LogP contribution is 2.22.